The topological polar surface area (TPSA) is 49.4 Å². The van der Waals surface area contributed by atoms with Gasteiger partial charge in [0.05, 0.1) is 0 Å². The van der Waals surface area contributed by atoms with Gasteiger partial charge >= 0.3 is 0 Å². The third-order valence-electron chi connectivity index (χ3n) is 3.84. The Morgan fingerprint density at radius 3 is 2.12 bits per heavy atom. The molecule has 0 radical (unpaired) electrons. The zero-order chi connectivity index (χ0) is 17.5. The highest BCUT2D eigenvalue weighted by Gasteiger charge is 2.13. The van der Waals surface area contributed by atoms with Crippen molar-refractivity contribution in [3.63, 3.8) is 0 Å². The van der Waals surface area contributed by atoms with Crippen LogP contribution in [0, 0.1) is 5.82 Å². The molecule has 2 rings (SSSR count). The second-order valence-electron chi connectivity index (χ2n) is 5.33. The third-order valence-corrected chi connectivity index (χ3v) is 3.84. The van der Waals surface area contributed by atoms with Gasteiger partial charge in [0.25, 0.3) is 11.8 Å². The molecule has 0 saturated carbocycles. The molecule has 0 spiro atoms. The van der Waals surface area contributed by atoms with Crippen molar-refractivity contribution in [3.8, 4) is 0 Å². The summed E-state index contributed by atoms with van der Waals surface area (Å²) < 4.78 is 13.5. The van der Waals surface area contributed by atoms with Gasteiger partial charge < -0.3 is 10.2 Å². The van der Waals surface area contributed by atoms with Crippen LogP contribution >= 0.6 is 0 Å². The zero-order valence-electron chi connectivity index (χ0n) is 13.9. The fourth-order valence-corrected chi connectivity index (χ4v) is 2.38. The highest BCUT2D eigenvalue weighted by Crippen LogP contribution is 2.09. The lowest BCUT2D eigenvalue weighted by atomic mass is 10.1. The van der Waals surface area contributed by atoms with Gasteiger partial charge in [-0.15, -0.1) is 0 Å². The molecule has 0 aliphatic rings. The number of hydrogen-bond donors (Lipinski definition) is 1. The molecular weight excluding hydrogens is 307 g/mol. The second kappa shape index (κ2) is 8.24. The summed E-state index contributed by atoms with van der Waals surface area (Å²) in [6.07, 6.45) is 0. The number of hydrogen-bond acceptors (Lipinski definition) is 2. The van der Waals surface area contributed by atoms with E-state index in [0.29, 0.717) is 29.8 Å². The molecule has 4 nitrogen and oxygen atoms in total. The first-order chi connectivity index (χ1) is 11.6. The number of rotatable bonds is 6. The molecule has 126 valence electrons. The average Bonchev–Trinajstić information content (AvgIpc) is 2.62. The number of benzene rings is 2. The lowest BCUT2D eigenvalue weighted by Crippen LogP contribution is -2.30. The van der Waals surface area contributed by atoms with E-state index >= 15 is 0 Å². The highest BCUT2D eigenvalue weighted by molar-refractivity contribution is 5.97. The number of carbonyl (C=O) groups is 2. The van der Waals surface area contributed by atoms with Crippen molar-refractivity contribution >= 4 is 11.8 Å². The van der Waals surface area contributed by atoms with Crippen LogP contribution in [0.15, 0.2) is 48.5 Å². The van der Waals surface area contributed by atoms with Gasteiger partial charge in [-0.25, -0.2) is 4.39 Å². The van der Waals surface area contributed by atoms with Crippen LogP contribution in [0.2, 0.25) is 0 Å². The Kier molecular flexibility index (Phi) is 6.07. The Hall–Kier alpha value is -2.69. The first-order valence-electron chi connectivity index (χ1n) is 7.97. The van der Waals surface area contributed by atoms with E-state index < -0.39 is 0 Å². The van der Waals surface area contributed by atoms with Crippen LogP contribution < -0.4 is 5.32 Å². The fourth-order valence-electron chi connectivity index (χ4n) is 2.38. The Morgan fingerprint density at radius 2 is 1.54 bits per heavy atom. The number of carbonyl (C=O) groups excluding carboxylic acids is 2. The maximum Gasteiger partial charge on any atom is 0.253 e. The van der Waals surface area contributed by atoms with Gasteiger partial charge in [-0.3, -0.25) is 9.59 Å². The van der Waals surface area contributed by atoms with Gasteiger partial charge in [-0.1, -0.05) is 18.2 Å². The van der Waals surface area contributed by atoms with E-state index in [0.717, 1.165) is 0 Å². The Labute approximate surface area is 141 Å². The van der Waals surface area contributed by atoms with Crippen LogP contribution in [0.3, 0.4) is 0 Å². The van der Waals surface area contributed by atoms with Gasteiger partial charge in [0.2, 0.25) is 0 Å². The Balaban J connectivity index is 2.01. The molecule has 0 aliphatic heterocycles. The number of amides is 2. The van der Waals surface area contributed by atoms with E-state index in [9.17, 15) is 14.0 Å². The van der Waals surface area contributed by atoms with Gasteiger partial charge in [-0.05, 0) is 44.2 Å². The lowest BCUT2D eigenvalue weighted by molar-refractivity contribution is 0.0772. The van der Waals surface area contributed by atoms with E-state index in [1.54, 1.807) is 47.4 Å². The summed E-state index contributed by atoms with van der Waals surface area (Å²) in [6, 6.07) is 12.8. The number of nitrogens with one attached hydrogen (secondary N) is 1. The molecule has 2 aromatic rings. The first-order valence-corrected chi connectivity index (χ1v) is 7.97. The molecule has 2 amide bonds. The molecule has 0 fully saturated rings. The minimum Gasteiger partial charge on any atom is -0.348 e. The predicted molar refractivity (Wildman–Crippen MR) is 91.3 cm³/mol. The van der Waals surface area contributed by atoms with Crippen molar-refractivity contribution in [1.82, 2.24) is 10.2 Å². The highest BCUT2D eigenvalue weighted by atomic mass is 19.1. The molecular formula is C19H21FN2O2. The lowest BCUT2D eigenvalue weighted by Gasteiger charge is -2.18. The molecule has 0 heterocycles. The van der Waals surface area contributed by atoms with Crippen LogP contribution in [0.1, 0.15) is 40.1 Å². The van der Waals surface area contributed by atoms with Crippen LogP contribution in [-0.4, -0.2) is 29.8 Å². The van der Waals surface area contributed by atoms with Gasteiger partial charge in [-0.2, -0.15) is 0 Å². The summed E-state index contributed by atoms with van der Waals surface area (Å²) >= 11 is 0. The van der Waals surface area contributed by atoms with Crippen LogP contribution in [0.5, 0.6) is 0 Å². The molecule has 0 saturated heterocycles. The molecule has 24 heavy (non-hydrogen) atoms. The summed E-state index contributed by atoms with van der Waals surface area (Å²) in [5.74, 6) is -0.712. The second-order valence-corrected chi connectivity index (χ2v) is 5.33. The normalized spacial score (nSPS) is 10.3. The van der Waals surface area contributed by atoms with Gasteiger partial charge in [0.1, 0.15) is 5.82 Å². The summed E-state index contributed by atoms with van der Waals surface area (Å²) in [4.78, 5) is 26.1. The maximum atomic E-state index is 13.5. The smallest absolute Gasteiger partial charge is 0.253 e. The summed E-state index contributed by atoms with van der Waals surface area (Å²) in [5, 5.41) is 2.68. The van der Waals surface area contributed by atoms with E-state index in [2.05, 4.69) is 5.32 Å². The minimum atomic E-state index is -0.349. The third kappa shape index (κ3) is 4.19. The predicted octanol–water partition coefficient (Wildman–Crippen LogP) is 3.24. The van der Waals surface area contributed by atoms with Crippen molar-refractivity contribution in [2.75, 3.05) is 13.1 Å². The van der Waals surface area contributed by atoms with Crippen molar-refractivity contribution < 1.29 is 14.0 Å². The molecule has 0 aromatic heterocycles. The Morgan fingerprint density at radius 1 is 0.958 bits per heavy atom. The van der Waals surface area contributed by atoms with Gasteiger partial charge in [0, 0.05) is 36.3 Å². The van der Waals surface area contributed by atoms with E-state index in [1.165, 1.54) is 6.07 Å². The summed E-state index contributed by atoms with van der Waals surface area (Å²) in [6.45, 7) is 5.24. The molecule has 0 aliphatic carbocycles. The largest absolute Gasteiger partial charge is 0.348 e. The zero-order valence-corrected chi connectivity index (χ0v) is 13.9. The summed E-state index contributed by atoms with van der Waals surface area (Å²) in [5.41, 5.74) is 1.41. The molecule has 0 unspecified atom stereocenters. The van der Waals surface area contributed by atoms with E-state index in [-0.39, 0.29) is 24.2 Å². The molecule has 0 bridgehead atoms. The fraction of sp³-hybridized carbons (Fsp3) is 0.263. The number of halogens is 1. The van der Waals surface area contributed by atoms with Gasteiger partial charge in [0.15, 0.2) is 0 Å². The standard InChI is InChI=1S/C19H21FN2O2/c1-3-22(4-2)19(24)15-11-9-14(10-12-15)18(23)21-13-16-7-5-6-8-17(16)20/h5-12H,3-4,13H2,1-2H3,(H,21,23). The molecule has 0 atom stereocenters. The monoisotopic (exact) mass is 328 g/mol. The summed E-state index contributed by atoms with van der Waals surface area (Å²) in [7, 11) is 0. The Bertz CT molecular complexity index is 710. The quantitative estimate of drug-likeness (QED) is 0.885. The van der Waals surface area contributed by atoms with Crippen LogP contribution in [0.4, 0.5) is 4.39 Å². The van der Waals surface area contributed by atoms with Crippen molar-refractivity contribution in [3.05, 3.63) is 71.0 Å². The maximum absolute atomic E-state index is 13.5. The van der Waals surface area contributed by atoms with Crippen LogP contribution in [0.25, 0.3) is 0 Å². The van der Waals surface area contributed by atoms with Crippen molar-refractivity contribution in [1.29, 1.82) is 0 Å². The van der Waals surface area contributed by atoms with E-state index in [4.69, 9.17) is 0 Å². The SMILES string of the molecule is CCN(CC)C(=O)c1ccc(C(=O)NCc2ccccc2F)cc1. The van der Waals surface area contributed by atoms with Crippen LogP contribution in [-0.2, 0) is 6.54 Å². The van der Waals surface area contributed by atoms with Crippen molar-refractivity contribution in [2.45, 2.75) is 20.4 Å². The molecule has 2 aromatic carbocycles. The van der Waals surface area contributed by atoms with E-state index in [1.807, 2.05) is 13.8 Å². The van der Waals surface area contributed by atoms with Crippen molar-refractivity contribution in [2.24, 2.45) is 0 Å². The number of nitrogens with zero attached hydrogens (tertiary/aromatic N) is 1. The molecule has 1 N–H and O–H groups in total. The molecule has 5 heteroatoms. The first kappa shape index (κ1) is 17.7. The minimum absolute atomic E-state index is 0.0571. The average molecular weight is 328 g/mol.